The monoisotopic (exact) mass is 583 g/mol. The fourth-order valence-corrected chi connectivity index (χ4v) is 6.05. The summed E-state index contributed by atoms with van der Waals surface area (Å²) in [6, 6.07) is 16.8. The molecule has 3 aromatic rings. The van der Waals surface area contributed by atoms with Crippen molar-refractivity contribution in [2.24, 2.45) is 5.92 Å². The van der Waals surface area contributed by atoms with Crippen LogP contribution < -0.4 is 15.4 Å². The molecule has 3 aromatic carbocycles. The molecule has 2 fully saturated rings. The number of anilines is 2. The van der Waals surface area contributed by atoms with Crippen LogP contribution in [0, 0.1) is 18.7 Å². The van der Waals surface area contributed by atoms with E-state index in [9.17, 15) is 27.2 Å². The van der Waals surface area contributed by atoms with Gasteiger partial charge in [-0.25, -0.2) is 4.39 Å². The van der Waals surface area contributed by atoms with E-state index < -0.39 is 41.7 Å². The van der Waals surface area contributed by atoms with Gasteiger partial charge in [-0.15, -0.1) is 13.2 Å². The summed E-state index contributed by atoms with van der Waals surface area (Å²) in [6.07, 6.45) is 0.627. The van der Waals surface area contributed by atoms with E-state index in [0.29, 0.717) is 36.6 Å². The van der Waals surface area contributed by atoms with Crippen LogP contribution in [0.3, 0.4) is 0 Å². The number of carbonyl (C=O) groups excluding carboxylic acids is 2. The Balaban J connectivity index is 1.45. The normalized spacial score (nSPS) is 19.4. The lowest BCUT2D eigenvalue weighted by Crippen LogP contribution is -2.46. The molecule has 2 amide bonds. The molecule has 0 bridgehead atoms. The largest absolute Gasteiger partial charge is 0.573 e. The Hall–Kier alpha value is -4.08. The van der Waals surface area contributed by atoms with Crippen molar-refractivity contribution < 1.29 is 31.9 Å². The van der Waals surface area contributed by atoms with Crippen molar-refractivity contribution in [2.45, 2.75) is 63.9 Å². The minimum Gasteiger partial charge on any atom is -0.406 e. The lowest BCUT2D eigenvalue weighted by atomic mass is 9.83. The zero-order chi connectivity index (χ0) is 29.9. The first-order valence-electron chi connectivity index (χ1n) is 14.2. The van der Waals surface area contributed by atoms with Gasteiger partial charge in [0.05, 0.1) is 17.5 Å². The van der Waals surface area contributed by atoms with Gasteiger partial charge in [0.15, 0.2) is 0 Å². The van der Waals surface area contributed by atoms with Gasteiger partial charge in [-0.05, 0) is 74.1 Å². The van der Waals surface area contributed by atoms with Crippen LogP contribution in [0.2, 0.25) is 0 Å². The minimum atomic E-state index is -4.87. The number of piperidine rings is 1. The third-order valence-electron chi connectivity index (χ3n) is 7.98. The van der Waals surface area contributed by atoms with E-state index in [1.54, 1.807) is 17.9 Å². The summed E-state index contributed by atoms with van der Waals surface area (Å²) in [6.45, 7) is 1.98. The van der Waals surface area contributed by atoms with E-state index >= 15 is 0 Å². The summed E-state index contributed by atoms with van der Waals surface area (Å²) in [5.74, 6) is -2.81. The molecule has 0 unspecified atom stereocenters. The van der Waals surface area contributed by atoms with Gasteiger partial charge in [-0.1, -0.05) is 43.2 Å². The molecule has 10 heteroatoms. The van der Waals surface area contributed by atoms with Gasteiger partial charge in [-0.3, -0.25) is 9.59 Å². The number of hydrogen-bond acceptors (Lipinski definition) is 4. The average molecular weight is 584 g/mol. The molecule has 2 N–H and O–H groups in total. The Kier molecular flexibility index (Phi) is 8.70. The number of amides is 2. The van der Waals surface area contributed by atoms with Crippen LogP contribution in [0.25, 0.3) is 0 Å². The molecule has 42 heavy (non-hydrogen) atoms. The quantitative estimate of drug-likeness (QED) is 0.281. The lowest BCUT2D eigenvalue weighted by molar-refractivity contribution is -0.274. The van der Waals surface area contributed by atoms with Crippen LogP contribution >= 0.6 is 0 Å². The topological polar surface area (TPSA) is 70.7 Å². The van der Waals surface area contributed by atoms with Crippen LogP contribution in [0.1, 0.15) is 66.1 Å². The van der Waals surface area contributed by atoms with Gasteiger partial charge in [0, 0.05) is 30.0 Å². The maximum Gasteiger partial charge on any atom is 0.573 e. The van der Waals surface area contributed by atoms with Gasteiger partial charge >= 0.3 is 6.36 Å². The number of hydrogen-bond donors (Lipinski definition) is 2. The van der Waals surface area contributed by atoms with Crippen LogP contribution in [-0.2, 0) is 4.79 Å². The molecule has 1 heterocycles. The summed E-state index contributed by atoms with van der Waals surface area (Å²) >= 11 is 0. The Bertz CT molecular complexity index is 1400. The second kappa shape index (κ2) is 12.4. The summed E-state index contributed by atoms with van der Waals surface area (Å²) in [7, 11) is 0. The molecule has 2 aliphatic rings. The van der Waals surface area contributed by atoms with Gasteiger partial charge in [0.25, 0.3) is 5.91 Å². The Morgan fingerprint density at radius 1 is 0.905 bits per heavy atom. The van der Waals surface area contributed by atoms with Crippen LogP contribution in [0.15, 0.2) is 66.7 Å². The molecule has 0 radical (unpaired) electrons. The molecule has 0 aromatic heterocycles. The number of rotatable bonds is 7. The Morgan fingerprint density at radius 3 is 2.31 bits per heavy atom. The summed E-state index contributed by atoms with van der Waals surface area (Å²) < 4.78 is 57.1. The van der Waals surface area contributed by atoms with E-state index in [2.05, 4.69) is 15.4 Å². The number of halogens is 4. The zero-order valence-corrected chi connectivity index (χ0v) is 23.2. The zero-order valence-electron chi connectivity index (χ0n) is 23.2. The molecule has 1 saturated heterocycles. The van der Waals surface area contributed by atoms with E-state index in [1.165, 1.54) is 37.1 Å². The van der Waals surface area contributed by atoms with Crippen LogP contribution in [0.5, 0.6) is 5.75 Å². The molecule has 222 valence electrons. The minimum absolute atomic E-state index is 0.0416. The standard InChI is InChI=1S/C32H33F4N3O3/c1-20-7-4-13-27(33)28(20)31(41)39-18-6-12-26(30(40)38-24-10-5-11-25(19-24)42-32(34,35)36)29(39)21-14-16-23(17-15-21)37-22-8-2-3-9-22/h4-5,7,10-11,13-17,19,22,26,29,37H,2-3,6,8-9,12,18H2,1H3,(H,38,40)/t26-,29-/m0/s1. The molecule has 5 rings (SSSR count). The van der Waals surface area contributed by atoms with Crippen molar-refractivity contribution in [3.63, 3.8) is 0 Å². The predicted octanol–water partition coefficient (Wildman–Crippen LogP) is 7.62. The highest BCUT2D eigenvalue weighted by Gasteiger charge is 2.40. The molecule has 1 aliphatic carbocycles. The molecule has 6 nitrogen and oxygen atoms in total. The maximum atomic E-state index is 14.9. The van der Waals surface area contributed by atoms with Gasteiger partial charge in [-0.2, -0.15) is 0 Å². The van der Waals surface area contributed by atoms with Gasteiger partial charge in [0.1, 0.15) is 11.6 Å². The first kappa shape index (κ1) is 29.4. The van der Waals surface area contributed by atoms with E-state index in [-0.39, 0.29) is 11.3 Å². The highest BCUT2D eigenvalue weighted by atomic mass is 19.4. The number of likely N-dealkylation sites (tertiary alicyclic amines) is 1. The fourth-order valence-electron chi connectivity index (χ4n) is 6.05. The number of carbonyl (C=O) groups is 2. The summed E-state index contributed by atoms with van der Waals surface area (Å²) in [4.78, 5) is 29.1. The molecular formula is C32H33F4N3O3. The highest BCUT2D eigenvalue weighted by Crippen LogP contribution is 2.39. The number of ether oxygens (including phenoxy) is 1. The second-order valence-corrected chi connectivity index (χ2v) is 10.9. The van der Waals surface area contributed by atoms with Gasteiger partial charge < -0.3 is 20.3 Å². The third-order valence-corrected chi connectivity index (χ3v) is 7.98. The molecule has 1 aliphatic heterocycles. The first-order valence-corrected chi connectivity index (χ1v) is 14.2. The number of alkyl halides is 3. The second-order valence-electron chi connectivity index (χ2n) is 10.9. The predicted molar refractivity (Wildman–Crippen MR) is 152 cm³/mol. The fraction of sp³-hybridized carbons (Fsp3) is 0.375. The smallest absolute Gasteiger partial charge is 0.406 e. The van der Waals surface area contributed by atoms with E-state index in [0.717, 1.165) is 30.7 Å². The number of aryl methyl sites for hydroxylation is 1. The van der Waals surface area contributed by atoms with E-state index in [4.69, 9.17) is 0 Å². The van der Waals surface area contributed by atoms with Crippen LogP contribution in [-0.4, -0.2) is 35.7 Å². The van der Waals surface area contributed by atoms with Crippen LogP contribution in [0.4, 0.5) is 28.9 Å². The van der Waals surface area contributed by atoms with E-state index in [1.807, 2.05) is 24.3 Å². The molecule has 1 saturated carbocycles. The lowest BCUT2D eigenvalue weighted by Gasteiger charge is -2.41. The molecular weight excluding hydrogens is 550 g/mol. The van der Waals surface area contributed by atoms with Crippen molar-refractivity contribution in [2.75, 3.05) is 17.2 Å². The third kappa shape index (κ3) is 6.86. The Labute approximate surface area is 242 Å². The SMILES string of the molecule is Cc1cccc(F)c1C(=O)N1CCC[C@H](C(=O)Nc2cccc(OC(F)(F)F)c2)[C@@H]1c1ccc(NC2CCCC2)cc1. The maximum absolute atomic E-state index is 14.9. The van der Waals surface area contributed by atoms with Crippen molar-refractivity contribution >= 4 is 23.2 Å². The molecule has 2 atom stereocenters. The van der Waals surface area contributed by atoms with Crippen molar-refractivity contribution in [1.82, 2.24) is 4.90 Å². The molecule has 0 spiro atoms. The highest BCUT2D eigenvalue weighted by molar-refractivity contribution is 5.98. The van der Waals surface area contributed by atoms with Crippen molar-refractivity contribution in [1.29, 1.82) is 0 Å². The van der Waals surface area contributed by atoms with Crippen molar-refractivity contribution in [3.05, 3.63) is 89.2 Å². The summed E-state index contributed by atoms with van der Waals surface area (Å²) in [5.41, 5.74) is 2.23. The summed E-state index contributed by atoms with van der Waals surface area (Å²) in [5, 5.41) is 6.24. The number of benzene rings is 3. The van der Waals surface area contributed by atoms with Crippen molar-refractivity contribution in [3.8, 4) is 5.75 Å². The number of nitrogens with one attached hydrogen (secondary N) is 2. The first-order chi connectivity index (χ1) is 20.1. The average Bonchev–Trinajstić information content (AvgIpc) is 3.45. The van der Waals surface area contributed by atoms with Gasteiger partial charge in [0.2, 0.25) is 5.91 Å². The Morgan fingerprint density at radius 2 is 1.62 bits per heavy atom. The number of nitrogens with zero attached hydrogens (tertiary/aromatic N) is 1.